The van der Waals surface area contributed by atoms with E-state index in [0.29, 0.717) is 12.5 Å². The van der Waals surface area contributed by atoms with Crippen molar-refractivity contribution in [3.63, 3.8) is 0 Å². The molecule has 0 bridgehead atoms. The SMILES string of the molecule is Cc1ccc(C(C)C)cc1OCCCn1c(-c2ccco2)nc2ccccc21.Cl. The van der Waals surface area contributed by atoms with E-state index in [1.807, 2.05) is 30.3 Å². The van der Waals surface area contributed by atoms with Gasteiger partial charge in [0.15, 0.2) is 11.6 Å². The Hall–Kier alpha value is -2.72. The molecule has 4 rings (SSSR count). The van der Waals surface area contributed by atoms with Gasteiger partial charge in [-0.25, -0.2) is 4.98 Å². The Bertz CT molecular complexity index is 1070. The van der Waals surface area contributed by atoms with Crippen LogP contribution in [-0.4, -0.2) is 16.2 Å². The van der Waals surface area contributed by atoms with E-state index in [1.54, 1.807) is 6.26 Å². The molecule has 0 atom stereocenters. The Kier molecular flexibility index (Phi) is 6.65. The first kappa shape index (κ1) is 21.0. The number of hydrogen-bond donors (Lipinski definition) is 0. The van der Waals surface area contributed by atoms with Crippen LogP contribution in [0.3, 0.4) is 0 Å². The molecule has 0 amide bonds. The van der Waals surface area contributed by atoms with Crippen LogP contribution in [0.5, 0.6) is 5.75 Å². The third-order valence-corrected chi connectivity index (χ3v) is 5.06. The second-order valence-electron chi connectivity index (χ2n) is 7.43. The number of rotatable bonds is 7. The molecule has 0 unspecified atom stereocenters. The summed E-state index contributed by atoms with van der Waals surface area (Å²) in [6.07, 6.45) is 2.58. The Morgan fingerprint density at radius 1 is 1.07 bits per heavy atom. The number of para-hydroxylation sites is 2. The average Bonchev–Trinajstić information content (AvgIpc) is 3.34. The van der Waals surface area contributed by atoms with E-state index < -0.39 is 0 Å². The number of benzene rings is 2. The second kappa shape index (κ2) is 9.19. The maximum Gasteiger partial charge on any atom is 0.177 e. The van der Waals surface area contributed by atoms with Gasteiger partial charge in [-0.3, -0.25) is 0 Å². The molecule has 0 aliphatic heterocycles. The number of nitrogens with zero attached hydrogens (tertiary/aromatic N) is 2. The first-order chi connectivity index (χ1) is 13.6. The van der Waals surface area contributed by atoms with Crippen molar-refractivity contribution < 1.29 is 9.15 Å². The molecule has 0 aliphatic carbocycles. The lowest BCUT2D eigenvalue weighted by atomic mass is 10.0. The van der Waals surface area contributed by atoms with Crippen molar-refractivity contribution in [2.24, 2.45) is 0 Å². The molecule has 4 nitrogen and oxygen atoms in total. The van der Waals surface area contributed by atoms with Crippen molar-refractivity contribution in [3.05, 3.63) is 72.0 Å². The molecular weight excluding hydrogens is 384 g/mol. The van der Waals surface area contributed by atoms with Crippen LogP contribution < -0.4 is 4.74 Å². The van der Waals surface area contributed by atoms with Crippen molar-refractivity contribution in [3.8, 4) is 17.3 Å². The summed E-state index contributed by atoms with van der Waals surface area (Å²) in [6, 6.07) is 18.5. The molecule has 0 aliphatic rings. The van der Waals surface area contributed by atoms with E-state index in [1.165, 1.54) is 11.1 Å². The minimum atomic E-state index is 0. The molecule has 0 saturated carbocycles. The maximum absolute atomic E-state index is 6.11. The number of hydrogen-bond acceptors (Lipinski definition) is 3. The number of aromatic nitrogens is 2. The highest BCUT2D eigenvalue weighted by molar-refractivity contribution is 5.85. The van der Waals surface area contributed by atoms with Crippen molar-refractivity contribution in [1.29, 1.82) is 0 Å². The zero-order valence-corrected chi connectivity index (χ0v) is 17.9. The molecule has 0 saturated heterocycles. The normalized spacial score (nSPS) is 11.0. The van der Waals surface area contributed by atoms with E-state index in [9.17, 15) is 0 Å². The van der Waals surface area contributed by atoms with Crippen LogP contribution in [-0.2, 0) is 6.54 Å². The van der Waals surface area contributed by atoms with Gasteiger partial charge in [0.1, 0.15) is 5.75 Å². The Balaban J connectivity index is 0.00000240. The predicted octanol–water partition coefficient (Wildman–Crippen LogP) is 6.62. The van der Waals surface area contributed by atoms with Crippen molar-refractivity contribution in [2.75, 3.05) is 6.61 Å². The summed E-state index contributed by atoms with van der Waals surface area (Å²) in [5, 5.41) is 0. The summed E-state index contributed by atoms with van der Waals surface area (Å²) < 4.78 is 13.9. The number of ether oxygens (including phenoxy) is 1. The van der Waals surface area contributed by atoms with Crippen molar-refractivity contribution >= 4 is 23.4 Å². The molecule has 29 heavy (non-hydrogen) atoms. The largest absolute Gasteiger partial charge is 0.493 e. The molecule has 0 N–H and O–H groups in total. The van der Waals surface area contributed by atoms with Gasteiger partial charge in [-0.2, -0.15) is 0 Å². The average molecular weight is 411 g/mol. The fourth-order valence-corrected chi connectivity index (χ4v) is 3.43. The van der Waals surface area contributed by atoms with E-state index in [0.717, 1.165) is 41.3 Å². The van der Waals surface area contributed by atoms with Crippen molar-refractivity contribution in [2.45, 2.75) is 39.7 Å². The minimum absolute atomic E-state index is 0. The van der Waals surface area contributed by atoms with Crippen LogP contribution >= 0.6 is 12.4 Å². The molecule has 0 spiro atoms. The van der Waals surface area contributed by atoms with Gasteiger partial charge in [0.05, 0.1) is 23.9 Å². The van der Waals surface area contributed by atoms with Gasteiger partial charge in [-0.1, -0.05) is 38.1 Å². The minimum Gasteiger partial charge on any atom is -0.493 e. The molecule has 4 aromatic rings. The molecular formula is C24H27ClN2O2. The van der Waals surface area contributed by atoms with Gasteiger partial charge >= 0.3 is 0 Å². The Morgan fingerprint density at radius 2 is 1.90 bits per heavy atom. The van der Waals surface area contributed by atoms with E-state index in [4.69, 9.17) is 14.1 Å². The molecule has 2 heterocycles. The molecule has 5 heteroatoms. The summed E-state index contributed by atoms with van der Waals surface area (Å²) in [4.78, 5) is 4.77. The fourth-order valence-electron chi connectivity index (χ4n) is 3.43. The van der Waals surface area contributed by atoms with Crippen LogP contribution in [0.25, 0.3) is 22.6 Å². The smallest absolute Gasteiger partial charge is 0.177 e. The van der Waals surface area contributed by atoms with E-state index in [-0.39, 0.29) is 12.4 Å². The standard InChI is InChI=1S/C24H26N2O2.ClH/c1-17(2)19-12-11-18(3)23(16-19)28-15-7-13-26-21-9-5-4-8-20(21)25-24(26)22-10-6-14-27-22;/h4-6,8-12,14,16-17H,7,13,15H2,1-3H3;1H. The van der Waals surface area contributed by atoms with Crippen LogP contribution in [0.1, 0.15) is 37.3 Å². The Labute approximate surface area is 177 Å². The third-order valence-electron chi connectivity index (χ3n) is 5.06. The topological polar surface area (TPSA) is 40.2 Å². The number of fused-ring (bicyclic) bond motifs is 1. The van der Waals surface area contributed by atoms with Gasteiger partial charge < -0.3 is 13.7 Å². The Morgan fingerprint density at radius 3 is 2.66 bits per heavy atom. The zero-order valence-electron chi connectivity index (χ0n) is 17.1. The molecule has 0 fully saturated rings. The monoisotopic (exact) mass is 410 g/mol. The summed E-state index contributed by atoms with van der Waals surface area (Å²) in [5.41, 5.74) is 4.58. The molecule has 152 valence electrons. The first-order valence-corrected chi connectivity index (χ1v) is 9.86. The summed E-state index contributed by atoms with van der Waals surface area (Å²) >= 11 is 0. The lowest BCUT2D eigenvalue weighted by Gasteiger charge is -2.13. The first-order valence-electron chi connectivity index (χ1n) is 9.86. The second-order valence-corrected chi connectivity index (χ2v) is 7.43. The fraction of sp³-hybridized carbons (Fsp3) is 0.292. The van der Waals surface area contributed by atoms with E-state index in [2.05, 4.69) is 49.6 Å². The zero-order chi connectivity index (χ0) is 19.5. The van der Waals surface area contributed by atoms with Gasteiger partial charge in [-0.15, -0.1) is 12.4 Å². The highest BCUT2D eigenvalue weighted by atomic mass is 35.5. The molecule has 2 aromatic carbocycles. The summed E-state index contributed by atoms with van der Waals surface area (Å²) in [7, 11) is 0. The van der Waals surface area contributed by atoms with E-state index >= 15 is 0 Å². The van der Waals surface area contributed by atoms with Crippen LogP contribution in [0.15, 0.2) is 65.3 Å². The van der Waals surface area contributed by atoms with Crippen molar-refractivity contribution in [1.82, 2.24) is 9.55 Å². The summed E-state index contributed by atoms with van der Waals surface area (Å²) in [5.74, 6) is 3.13. The molecule has 0 radical (unpaired) electrons. The highest BCUT2D eigenvalue weighted by Crippen LogP contribution is 2.26. The number of imidazole rings is 1. The number of halogens is 1. The quantitative estimate of drug-likeness (QED) is 0.321. The van der Waals surface area contributed by atoms with Crippen LogP contribution in [0.4, 0.5) is 0 Å². The van der Waals surface area contributed by atoms with Gasteiger partial charge in [0.2, 0.25) is 0 Å². The summed E-state index contributed by atoms with van der Waals surface area (Å²) in [6.45, 7) is 7.98. The third kappa shape index (κ3) is 4.48. The molecule has 2 aromatic heterocycles. The predicted molar refractivity (Wildman–Crippen MR) is 120 cm³/mol. The van der Waals surface area contributed by atoms with Gasteiger partial charge in [-0.05, 0) is 60.7 Å². The van der Waals surface area contributed by atoms with Crippen LogP contribution in [0.2, 0.25) is 0 Å². The highest BCUT2D eigenvalue weighted by Gasteiger charge is 2.14. The number of furan rings is 1. The van der Waals surface area contributed by atoms with Crippen LogP contribution in [0, 0.1) is 6.92 Å². The van der Waals surface area contributed by atoms with Gasteiger partial charge in [0, 0.05) is 6.54 Å². The lowest BCUT2D eigenvalue weighted by molar-refractivity contribution is 0.300. The lowest BCUT2D eigenvalue weighted by Crippen LogP contribution is -2.06. The number of aryl methyl sites for hydroxylation is 2. The van der Waals surface area contributed by atoms with Gasteiger partial charge in [0.25, 0.3) is 0 Å². The maximum atomic E-state index is 6.11.